The number of nitrogens with zero attached hydrogens (tertiary/aromatic N) is 1. The largest absolute Gasteiger partial charge is 0.496 e. The van der Waals surface area contributed by atoms with Gasteiger partial charge in [-0.15, -0.1) is 0 Å². The van der Waals surface area contributed by atoms with Crippen molar-refractivity contribution in [1.29, 1.82) is 0 Å². The number of carbonyl (C=O) groups excluding carboxylic acids is 1. The Labute approximate surface area is 137 Å². The first-order chi connectivity index (χ1) is 10.9. The third-order valence-electron chi connectivity index (χ3n) is 3.10. The van der Waals surface area contributed by atoms with Crippen LogP contribution in [-0.4, -0.2) is 19.0 Å². The molecule has 2 aromatic rings. The van der Waals surface area contributed by atoms with Crippen molar-refractivity contribution in [3.63, 3.8) is 0 Å². The van der Waals surface area contributed by atoms with Crippen molar-refractivity contribution in [1.82, 2.24) is 0 Å². The number of hydrogen-bond acceptors (Lipinski definition) is 2. The summed E-state index contributed by atoms with van der Waals surface area (Å²) in [6.07, 6.45) is 0. The summed E-state index contributed by atoms with van der Waals surface area (Å²) in [5.74, 6) is -0.329. The number of amidine groups is 1. The molecule has 7 heteroatoms. The Balaban J connectivity index is 2.21. The van der Waals surface area contributed by atoms with E-state index in [2.05, 4.69) is 10.3 Å². The third kappa shape index (κ3) is 3.98. The Kier molecular flexibility index (Phi) is 5.18. The van der Waals surface area contributed by atoms with E-state index < -0.39 is 11.8 Å². The third-order valence-corrected chi connectivity index (χ3v) is 3.42. The predicted octanol–water partition coefficient (Wildman–Crippen LogP) is 3.73. The van der Waals surface area contributed by atoms with Crippen LogP contribution in [0.15, 0.2) is 41.4 Å². The number of halogens is 2. The number of anilines is 1. The summed E-state index contributed by atoms with van der Waals surface area (Å²) in [4.78, 5) is 15.5. The Bertz CT molecular complexity index is 758. The second-order valence-electron chi connectivity index (χ2n) is 4.71. The molecular formula is C16H15ClFN3O2. The zero-order valence-electron chi connectivity index (χ0n) is 12.6. The maximum absolute atomic E-state index is 13.7. The number of nitrogens with two attached hydrogens (primary N) is 1. The first-order valence-electron chi connectivity index (χ1n) is 6.66. The molecule has 0 spiro atoms. The Morgan fingerprint density at radius 3 is 2.74 bits per heavy atom. The average Bonchev–Trinajstić information content (AvgIpc) is 2.48. The SMILES string of the molecule is COc1cc(NC(=O)/N=C(\N)c2c(F)cccc2Cl)ccc1C. The minimum absolute atomic E-state index is 0.0797. The highest BCUT2D eigenvalue weighted by atomic mass is 35.5. The molecule has 0 aromatic heterocycles. The lowest BCUT2D eigenvalue weighted by Gasteiger charge is -2.08. The van der Waals surface area contributed by atoms with Crippen LogP contribution in [0.5, 0.6) is 5.75 Å². The van der Waals surface area contributed by atoms with Crippen LogP contribution in [0.4, 0.5) is 14.9 Å². The molecule has 0 aliphatic rings. The molecule has 23 heavy (non-hydrogen) atoms. The molecule has 0 heterocycles. The molecule has 0 saturated carbocycles. The number of ether oxygens (including phenoxy) is 1. The number of benzene rings is 2. The van der Waals surface area contributed by atoms with Gasteiger partial charge in [-0.3, -0.25) is 0 Å². The van der Waals surface area contributed by atoms with Crippen LogP contribution in [0.25, 0.3) is 0 Å². The number of aryl methyl sites for hydroxylation is 1. The first kappa shape index (κ1) is 16.8. The zero-order valence-corrected chi connectivity index (χ0v) is 13.3. The molecule has 2 rings (SSSR count). The fourth-order valence-electron chi connectivity index (χ4n) is 1.96. The highest BCUT2D eigenvalue weighted by molar-refractivity contribution is 6.34. The molecule has 2 aromatic carbocycles. The van der Waals surface area contributed by atoms with Crippen LogP contribution in [-0.2, 0) is 0 Å². The topological polar surface area (TPSA) is 76.7 Å². The van der Waals surface area contributed by atoms with E-state index in [1.54, 1.807) is 18.2 Å². The van der Waals surface area contributed by atoms with Gasteiger partial charge in [0.1, 0.15) is 17.4 Å². The van der Waals surface area contributed by atoms with E-state index in [9.17, 15) is 9.18 Å². The van der Waals surface area contributed by atoms with Gasteiger partial charge in [0.2, 0.25) is 0 Å². The van der Waals surface area contributed by atoms with Gasteiger partial charge in [0.25, 0.3) is 0 Å². The van der Waals surface area contributed by atoms with Crippen molar-refractivity contribution in [3.05, 3.63) is 58.4 Å². The van der Waals surface area contributed by atoms with Crippen LogP contribution in [0.2, 0.25) is 5.02 Å². The molecule has 120 valence electrons. The minimum atomic E-state index is -0.743. The Morgan fingerprint density at radius 2 is 2.09 bits per heavy atom. The summed E-state index contributed by atoms with van der Waals surface area (Å²) < 4.78 is 18.9. The van der Waals surface area contributed by atoms with Crippen LogP contribution in [0.1, 0.15) is 11.1 Å². The second-order valence-corrected chi connectivity index (χ2v) is 5.12. The first-order valence-corrected chi connectivity index (χ1v) is 7.04. The molecule has 2 amide bonds. The predicted molar refractivity (Wildman–Crippen MR) is 88.9 cm³/mol. The lowest BCUT2D eigenvalue weighted by Crippen LogP contribution is -2.20. The van der Waals surface area contributed by atoms with Crippen molar-refractivity contribution < 1.29 is 13.9 Å². The quantitative estimate of drug-likeness (QED) is 0.662. The number of aliphatic imine (C=N–C) groups is 1. The Hall–Kier alpha value is -2.60. The van der Waals surface area contributed by atoms with Crippen LogP contribution < -0.4 is 15.8 Å². The molecular weight excluding hydrogens is 321 g/mol. The fourth-order valence-corrected chi connectivity index (χ4v) is 2.22. The van der Waals surface area contributed by atoms with Gasteiger partial charge in [0.15, 0.2) is 0 Å². The maximum Gasteiger partial charge on any atom is 0.347 e. The maximum atomic E-state index is 13.7. The second kappa shape index (κ2) is 7.11. The molecule has 0 saturated heterocycles. The number of methoxy groups -OCH3 is 1. The van der Waals surface area contributed by atoms with Crippen molar-refractivity contribution in [2.75, 3.05) is 12.4 Å². The van der Waals surface area contributed by atoms with Gasteiger partial charge < -0.3 is 15.8 Å². The monoisotopic (exact) mass is 335 g/mol. The molecule has 0 radical (unpaired) electrons. The van der Waals surface area contributed by atoms with E-state index >= 15 is 0 Å². The number of carbonyl (C=O) groups is 1. The zero-order chi connectivity index (χ0) is 17.0. The standard InChI is InChI=1S/C16H15ClFN3O2/c1-9-6-7-10(8-13(9)23-2)20-16(22)21-15(19)14-11(17)4-3-5-12(14)18/h3-8H,1-2H3,(H3,19,20,21,22). The van der Waals surface area contributed by atoms with Gasteiger partial charge >= 0.3 is 6.03 Å². The molecule has 0 bridgehead atoms. The van der Waals surface area contributed by atoms with E-state index in [4.69, 9.17) is 22.1 Å². The number of rotatable bonds is 3. The Morgan fingerprint density at radius 1 is 1.35 bits per heavy atom. The molecule has 0 unspecified atom stereocenters. The van der Waals surface area contributed by atoms with E-state index in [-0.39, 0.29) is 16.4 Å². The van der Waals surface area contributed by atoms with Gasteiger partial charge in [-0.1, -0.05) is 23.7 Å². The normalized spacial score (nSPS) is 11.2. The summed E-state index contributed by atoms with van der Waals surface area (Å²) in [6, 6.07) is 8.47. The van der Waals surface area contributed by atoms with Gasteiger partial charge in [-0.05, 0) is 30.7 Å². The smallest absolute Gasteiger partial charge is 0.347 e. The highest BCUT2D eigenvalue weighted by Crippen LogP contribution is 2.22. The minimum Gasteiger partial charge on any atom is -0.496 e. The summed E-state index contributed by atoms with van der Waals surface area (Å²) in [6.45, 7) is 1.88. The molecule has 0 atom stereocenters. The van der Waals surface area contributed by atoms with Gasteiger partial charge in [0, 0.05) is 11.8 Å². The molecule has 0 aliphatic carbocycles. The van der Waals surface area contributed by atoms with E-state index in [1.165, 1.54) is 25.3 Å². The van der Waals surface area contributed by atoms with Crippen molar-refractivity contribution in [3.8, 4) is 5.75 Å². The molecule has 0 fully saturated rings. The van der Waals surface area contributed by atoms with Crippen LogP contribution >= 0.6 is 11.6 Å². The van der Waals surface area contributed by atoms with Crippen LogP contribution in [0, 0.1) is 12.7 Å². The number of nitrogens with one attached hydrogen (secondary N) is 1. The van der Waals surface area contributed by atoms with Crippen molar-refractivity contribution >= 4 is 29.2 Å². The van der Waals surface area contributed by atoms with E-state index in [0.29, 0.717) is 11.4 Å². The van der Waals surface area contributed by atoms with Gasteiger partial charge in [-0.2, -0.15) is 4.99 Å². The van der Waals surface area contributed by atoms with Gasteiger partial charge in [0.05, 0.1) is 17.7 Å². The number of urea groups is 1. The summed E-state index contributed by atoms with van der Waals surface area (Å²) in [5, 5.41) is 2.61. The average molecular weight is 336 g/mol. The van der Waals surface area contributed by atoms with E-state index in [0.717, 1.165) is 5.56 Å². The number of hydrogen-bond donors (Lipinski definition) is 2. The van der Waals surface area contributed by atoms with Crippen LogP contribution in [0.3, 0.4) is 0 Å². The lowest BCUT2D eigenvalue weighted by molar-refractivity contribution is 0.259. The molecule has 0 aliphatic heterocycles. The van der Waals surface area contributed by atoms with E-state index in [1.807, 2.05) is 6.92 Å². The summed E-state index contributed by atoms with van der Waals surface area (Å²) in [7, 11) is 1.53. The van der Waals surface area contributed by atoms with Crippen molar-refractivity contribution in [2.45, 2.75) is 6.92 Å². The highest BCUT2D eigenvalue weighted by Gasteiger charge is 2.13. The lowest BCUT2D eigenvalue weighted by atomic mass is 10.2. The summed E-state index contributed by atoms with van der Waals surface area (Å²) >= 11 is 5.88. The number of amides is 2. The fraction of sp³-hybridized carbons (Fsp3) is 0.125. The van der Waals surface area contributed by atoms with Crippen molar-refractivity contribution in [2.24, 2.45) is 10.7 Å². The molecule has 3 N–H and O–H groups in total. The summed E-state index contributed by atoms with van der Waals surface area (Å²) in [5.41, 5.74) is 6.97. The molecule has 5 nitrogen and oxygen atoms in total. The van der Waals surface area contributed by atoms with Gasteiger partial charge in [-0.25, -0.2) is 9.18 Å².